The standard InChI is InChI=1S/C22H23F4N3O2/c1-3-28(4-2)20(15-8-6-5-7-9-15)21(30)31-13-19-27-17-12-16(23)10-11-18(17)29(19)14-22(24,25)26/h5-12,20H,3-4,13-14H2,1-2H3. The molecule has 1 atom stereocenters. The molecule has 0 aliphatic heterocycles. The first kappa shape index (κ1) is 22.7. The average Bonchev–Trinajstić information content (AvgIpc) is 3.05. The highest BCUT2D eigenvalue weighted by Crippen LogP contribution is 2.26. The highest BCUT2D eigenvalue weighted by atomic mass is 19.4. The number of nitrogens with zero attached hydrogens (tertiary/aromatic N) is 3. The molecule has 0 spiro atoms. The number of fused-ring (bicyclic) bond motifs is 1. The number of aromatic nitrogens is 2. The number of esters is 1. The van der Waals surface area contributed by atoms with E-state index in [9.17, 15) is 22.4 Å². The zero-order valence-corrected chi connectivity index (χ0v) is 17.2. The summed E-state index contributed by atoms with van der Waals surface area (Å²) in [5.74, 6) is -1.30. The summed E-state index contributed by atoms with van der Waals surface area (Å²) in [6, 6.07) is 11.7. The number of hydrogen-bond acceptors (Lipinski definition) is 4. The Morgan fingerprint density at radius 1 is 1.13 bits per heavy atom. The van der Waals surface area contributed by atoms with Crippen LogP contribution in [0.4, 0.5) is 17.6 Å². The minimum Gasteiger partial charge on any atom is -0.456 e. The summed E-state index contributed by atoms with van der Waals surface area (Å²) < 4.78 is 59.2. The first-order valence-corrected chi connectivity index (χ1v) is 9.90. The lowest BCUT2D eigenvalue weighted by Gasteiger charge is -2.28. The molecule has 0 saturated heterocycles. The predicted molar refractivity (Wildman–Crippen MR) is 108 cm³/mol. The van der Waals surface area contributed by atoms with Crippen LogP contribution in [-0.2, 0) is 22.7 Å². The van der Waals surface area contributed by atoms with Crippen molar-refractivity contribution in [1.82, 2.24) is 14.5 Å². The molecular formula is C22H23F4N3O2. The monoisotopic (exact) mass is 437 g/mol. The van der Waals surface area contributed by atoms with E-state index >= 15 is 0 Å². The van der Waals surface area contributed by atoms with Crippen LogP contribution < -0.4 is 0 Å². The molecule has 9 heteroatoms. The number of carbonyl (C=O) groups is 1. The summed E-state index contributed by atoms with van der Waals surface area (Å²) in [5, 5.41) is 0. The maximum Gasteiger partial charge on any atom is 0.406 e. The molecule has 0 aliphatic rings. The van der Waals surface area contributed by atoms with Crippen LogP contribution in [0.3, 0.4) is 0 Å². The first-order valence-electron chi connectivity index (χ1n) is 9.90. The fourth-order valence-electron chi connectivity index (χ4n) is 3.55. The maximum atomic E-state index is 13.5. The van der Waals surface area contributed by atoms with E-state index in [1.165, 1.54) is 6.07 Å². The molecule has 2 aromatic carbocycles. The molecule has 1 aromatic heterocycles. The van der Waals surface area contributed by atoms with Gasteiger partial charge in [-0.2, -0.15) is 13.2 Å². The maximum absolute atomic E-state index is 13.5. The summed E-state index contributed by atoms with van der Waals surface area (Å²) in [4.78, 5) is 18.9. The zero-order chi connectivity index (χ0) is 22.6. The molecule has 3 rings (SSSR count). The minimum atomic E-state index is -4.52. The van der Waals surface area contributed by atoms with Gasteiger partial charge in [0.1, 0.15) is 30.8 Å². The molecule has 3 aromatic rings. The van der Waals surface area contributed by atoms with Gasteiger partial charge in [-0.25, -0.2) is 14.2 Å². The number of likely N-dealkylation sites (N-methyl/N-ethyl adjacent to an activating group) is 1. The Labute approximate surface area is 177 Å². The molecule has 0 N–H and O–H groups in total. The third-order valence-electron chi connectivity index (χ3n) is 4.99. The van der Waals surface area contributed by atoms with Crippen LogP contribution in [0.15, 0.2) is 48.5 Å². The fraction of sp³-hybridized carbons (Fsp3) is 0.364. The summed E-state index contributed by atoms with van der Waals surface area (Å²) in [6.07, 6.45) is -4.52. The Morgan fingerprint density at radius 2 is 1.81 bits per heavy atom. The Kier molecular flexibility index (Phi) is 6.94. The highest BCUT2D eigenvalue weighted by Gasteiger charge is 2.32. The van der Waals surface area contributed by atoms with Gasteiger partial charge >= 0.3 is 12.1 Å². The normalized spacial score (nSPS) is 13.0. The number of halogens is 4. The summed E-state index contributed by atoms with van der Waals surface area (Å²) in [5.41, 5.74) is 0.911. The summed E-state index contributed by atoms with van der Waals surface area (Å²) in [6.45, 7) is 3.19. The Hall–Kier alpha value is -2.94. The molecule has 1 unspecified atom stereocenters. The zero-order valence-electron chi connectivity index (χ0n) is 17.2. The lowest BCUT2D eigenvalue weighted by atomic mass is 10.1. The molecule has 5 nitrogen and oxygen atoms in total. The molecule has 0 saturated carbocycles. The number of ether oxygens (including phenoxy) is 1. The Morgan fingerprint density at radius 3 is 2.42 bits per heavy atom. The van der Waals surface area contributed by atoms with Crippen molar-refractivity contribution in [2.45, 2.75) is 39.2 Å². The first-order chi connectivity index (χ1) is 14.7. The quantitative estimate of drug-likeness (QED) is 0.373. The van der Waals surface area contributed by atoms with E-state index in [1.807, 2.05) is 24.8 Å². The number of imidazole rings is 1. The molecule has 166 valence electrons. The number of carbonyl (C=O) groups excluding carboxylic acids is 1. The van der Waals surface area contributed by atoms with Crippen molar-refractivity contribution >= 4 is 17.0 Å². The summed E-state index contributed by atoms with van der Waals surface area (Å²) >= 11 is 0. The van der Waals surface area contributed by atoms with Crippen LogP contribution in [0.5, 0.6) is 0 Å². The van der Waals surface area contributed by atoms with Crippen molar-refractivity contribution in [2.75, 3.05) is 13.1 Å². The predicted octanol–water partition coefficient (Wildman–Crippen LogP) is 4.86. The largest absolute Gasteiger partial charge is 0.456 e. The van der Waals surface area contributed by atoms with Gasteiger partial charge in [0.25, 0.3) is 0 Å². The molecular weight excluding hydrogens is 414 g/mol. The van der Waals surface area contributed by atoms with Crippen molar-refractivity contribution in [2.24, 2.45) is 0 Å². The van der Waals surface area contributed by atoms with Crippen LogP contribution >= 0.6 is 0 Å². The van der Waals surface area contributed by atoms with Crippen molar-refractivity contribution in [3.8, 4) is 0 Å². The second-order valence-electron chi connectivity index (χ2n) is 7.00. The van der Waals surface area contributed by atoms with Crippen molar-refractivity contribution in [1.29, 1.82) is 0 Å². The second-order valence-corrected chi connectivity index (χ2v) is 7.00. The van der Waals surface area contributed by atoms with Crippen LogP contribution in [0.2, 0.25) is 0 Å². The second kappa shape index (κ2) is 9.47. The van der Waals surface area contributed by atoms with Gasteiger partial charge in [-0.3, -0.25) is 4.90 Å². The topological polar surface area (TPSA) is 47.4 Å². The third-order valence-corrected chi connectivity index (χ3v) is 4.99. The molecule has 0 bridgehead atoms. The van der Waals surface area contributed by atoms with Gasteiger partial charge in [-0.1, -0.05) is 44.2 Å². The van der Waals surface area contributed by atoms with Gasteiger partial charge in [0.2, 0.25) is 0 Å². The number of hydrogen-bond donors (Lipinski definition) is 0. The lowest BCUT2D eigenvalue weighted by molar-refractivity contribution is -0.152. The van der Waals surface area contributed by atoms with Crippen LogP contribution in [0.25, 0.3) is 11.0 Å². The third kappa shape index (κ3) is 5.41. The number of benzene rings is 2. The smallest absolute Gasteiger partial charge is 0.406 e. The van der Waals surface area contributed by atoms with Gasteiger partial charge in [0, 0.05) is 6.07 Å². The van der Waals surface area contributed by atoms with Gasteiger partial charge in [-0.15, -0.1) is 0 Å². The SMILES string of the molecule is CCN(CC)C(C(=O)OCc1nc2cc(F)ccc2n1CC(F)(F)F)c1ccccc1. The van der Waals surface area contributed by atoms with Gasteiger partial charge < -0.3 is 9.30 Å². The molecule has 0 radical (unpaired) electrons. The average molecular weight is 437 g/mol. The fourth-order valence-corrected chi connectivity index (χ4v) is 3.55. The van der Waals surface area contributed by atoms with E-state index < -0.39 is 37.2 Å². The molecule has 1 heterocycles. The van der Waals surface area contributed by atoms with Gasteiger partial charge in [0.15, 0.2) is 0 Å². The molecule has 0 aliphatic carbocycles. The van der Waals surface area contributed by atoms with Crippen molar-refractivity contribution < 1.29 is 27.1 Å². The van der Waals surface area contributed by atoms with E-state index in [-0.39, 0.29) is 16.9 Å². The van der Waals surface area contributed by atoms with E-state index in [2.05, 4.69) is 4.98 Å². The van der Waals surface area contributed by atoms with Gasteiger partial charge in [-0.05, 0) is 30.8 Å². The Bertz CT molecular complexity index is 1030. The minimum absolute atomic E-state index is 0.0682. The van der Waals surface area contributed by atoms with E-state index in [4.69, 9.17) is 4.74 Å². The molecule has 31 heavy (non-hydrogen) atoms. The van der Waals surface area contributed by atoms with E-state index in [0.717, 1.165) is 22.3 Å². The van der Waals surface area contributed by atoms with Crippen LogP contribution in [0.1, 0.15) is 31.3 Å². The van der Waals surface area contributed by atoms with Crippen molar-refractivity contribution in [3.63, 3.8) is 0 Å². The van der Waals surface area contributed by atoms with E-state index in [1.54, 1.807) is 24.3 Å². The number of rotatable bonds is 8. The van der Waals surface area contributed by atoms with E-state index in [0.29, 0.717) is 13.1 Å². The summed E-state index contributed by atoms with van der Waals surface area (Å²) in [7, 11) is 0. The molecule has 0 fully saturated rings. The molecule has 0 amide bonds. The highest BCUT2D eigenvalue weighted by molar-refractivity contribution is 5.78. The number of alkyl halides is 3. The van der Waals surface area contributed by atoms with Crippen LogP contribution in [0, 0.1) is 5.82 Å². The lowest BCUT2D eigenvalue weighted by Crippen LogP contribution is -2.35. The Balaban J connectivity index is 1.89. The van der Waals surface area contributed by atoms with Gasteiger partial charge in [0.05, 0.1) is 11.0 Å². The van der Waals surface area contributed by atoms with Crippen molar-refractivity contribution in [3.05, 3.63) is 65.7 Å². The van der Waals surface area contributed by atoms with Crippen LogP contribution in [-0.4, -0.2) is 39.7 Å².